The number of aryl methyl sites for hydroxylation is 1. The number of ketones is 1. The summed E-state index contributed by atoms with van der Waals surface area (Å²) in [6.45, 7) is 4.10. The van der Waals surface area contributed by atoms with Gasteiger partial charge in [0.1, 0.15) is 22.5 Å². The van der Waals surface area contributed by atoms with Crippen LogP contribution in [0.5, 0.6) is 28.7 Å². The number of hydrogen-bond acceptors (Lipinski definition) is 8. The van der Waals surface area contributed by atoms with Gasteiger partial charge in [-0.05, 0) is 73.5 Å². The maximum absolute atomic E-state index is 13.8. The molecule has 0 fully saturated rings. The minimum absolute atomic E-state index is 0.00278. The molecule has 8 nitrogen and oxygen atoms in total. The normalized spacial score (nSPS) is 10.8. The molecule has 1 heterocycles. The second kappa shape index (κ2) is 12.4. The molecule has 0 aliphatic heterocycles. The SMILES string of the molecule is CCc1cc(OC)c2c(=O)c(OCCCOc3ccc(C(C)=O)cc3)c(-c3ccc(OC)c(OC)c3)oc2c1. The maximum Gasteiger partial charge on any atom is 0.239 e. The first-order valence-corrected chi connectivity index (χ1v) is 12.7. The van der Waals surface area contributed by atoms with Crippen LogP contribution in [0.2, 0.25) is 0 Å². The van der Waals surface area contributed by atoms with Gasteiger partial charge in [-0.3, -0.25) is 9.59 Å². The number of rotatable bonds is 12. The summed E-state index contributed by atoms with van der Waals surface area (Å²) in [6.07, 6.45) is 1.25. The molecule has 0 N–H and O–H groups in total. The Morgan fingerprint density at radius 3 is 2.15 bits per heavy atom. The van der Waals surface area contributed by atoms with Crippen LogP contribution in [-0.4, -0.2) is 40.3 Å². The number of carbonyl (C=O) groups excluding carboxylic acids is 1. The Labute approximate surface area is 227 Å². The van der Waals surface area contributed by atoms with E-state index < -0.39 is 0 Å². The van der Waals surface area contributed by atoms with Crippen LogP contribution in [0.25, 0.3) is 22.3 Å². The fourth-order valence-electron chi connectivity index (χ4n) is 4.19. The molecule has 0 spiro atoms. The van der Waals surface area contributed by atoms with Crippen molar-refractivity contribution in [1.82, 2.24) is 0 Å². The van der Waals surface area contributed by atoms with Crippen LogP contribution in [0.3, 0.4) is 0 Å². The molecule has 0 saturated carbocycles. The number of Topliss-reactive ketones (excluding diaryl/α,β-unsaturated/α-hetero) is 1. The molecule has 4 rings (SSSR count). The summed E-state index contributed by atoms with van der Waals surface area (Å²) in [6, 6.07) is 15.9. The number of ether oxygens (including phenoxy) is 5. The molecule has 39 heavy (non-hydrogen) atoms. The Hall–Kier alpha value is -4.46. The van der Waals surface area contributed by atoms with E-state index in [1.165, 1.54) is 14.0 Å². The van der Waals surface area contributed by atoms with Crippen LogP contribution >= 0.6 is 0 Å². The molecule has 4 aromatic rings. The summed E-state index contributed by atoms with van der Waals surface area (Å²) in [7, 11) is 4.62. The van der Waals surface area contributed by atoms with Crippen molar-refractivity contribution in [2.24, 2.45) is 0 Å². The van der Waals surface area contributed by atoms with E-state index in [0.29, 0.717) is 58.1 Å². The molecule has 0 aliphatic carbocycles. The van der Waals surface area contributed by atoms with Crippen molar-refractivity contribution in [1.29, 1.82) is 0 Å². The topological polar surface area (TPSA) is 93.4 Å². The Kier molecular flexibility index (Phi) is 8.76. The van der Waals surface area contributed by atoms with E-state index in [1.807, 2.05) is 19.1 Å². The van der Waals surface area contributed by atoms with Crippen LogP contribution < -0.4 is 29.1 Å². The summed E-state index contributed by atoms with van der Waals surface area (Å²) in [5.41, 5.74) is 2.28. The number of methoxy groups -OCH3 is 3. The van der Waals surface area contributed by atoms with E-state index >= 15 is 0 Å². The lowest BCUT2D eigenvalue weighted by Gasteiger charge is -2.15. The predicted octanol–water partition coefficient (Wildman–Crippen LogP) is 6.10. The van der Waals surface area contributed by atoms with Gasteiger partial charge in [-0.15, -0.1) is 0 Å². The van der Waals surface area contributed by atoms with Crippen LogP contribution in [0.15, 0.2) is 63.8 Å². The first-order chi connectivity index (χ1) is 18.9. The highest BCUT2D eigenvalue weighted by atomic mass is 16.5. The van der Waals surface area contributed by atoms with Gasteiger partial charge in [-0.1, -0.05) is 6.92 Å². The van der Waals surface area contributed by atoms with Crippen molar-refractivity contribution in [3.63, 3.8) is 0 Å². The monoisotopic (exact) mass is 532 g/mol. The lowest BCUT2D eigenvalue weighted by atomic mass is 10.1. The van der Waals surface area contributed by atoms with Gasteiger partial charge in [0.2, 0.25) is 11.2 Å². The summed E-state index contributed by atoms with van der Waals surface area (Å²) < 4.78 is 34.5. The fraction of sp³-hybridized carbons (Fsp3) is 0.290. The van der Waals surface area contributed by atoms with E-state index in [-0.39, 0.29) is 29.3 Å². The van der Waals surface area contributed by atoms with Crippen LogP contribution in [0.1, 0.15) is 36.2 Å². The second-order valence-corrected chi connectivity index (χ2v) is 8.82. The quantitative estimate of drug-likeness (QED) is 0.160. The fourth-order valence-corrected chi connectivity index (χ4v) is 4.19. The summed E-state index contributed by atoms with van der Waals surface area (Å²) in [5, 5.41) is 0.315. The highest BCUT2D eigenvalue weighted by molar-refractivity contribution is 5.94. The second-order valence-electron chi connectivity index (χ2n) is 8.82. The van der Waals surface area contributed by atoms with Gasteiger partial charge >= 0.3 is 0 Å². The Balaban J connectivity index is 1.65. The number of benzene rings is 3. The van der Waals surface area contributed by atoms with Crippen LogP contribution in [0.4, 0.5) is 0 Å². The summed E-state index contributed by atoms with van der Waals surface area (Å²) in [5.74, 6) is 2.47. The standard InChI is InChI=1S/C31H32O8/c1-6-20-16-26(36-5)28-27(17-20)39-30(22-10-13-24(34-3)25(18-22)35-4)31(29(28)33)38-15-7-14-37-23-11-8-21(9-12-23)19(2)32/h8-13,16-18H,6-7,14-15H2,1-5H3. The van der Waals surface area contributed by atoms with Crippen molar-refractivity contribution in [3.8, 4) is 40.1 Å². The number of fused-ring (bicyclic) bond motifs is 1. The number of hydrogen-bond donors (Lipinski definition) is 0. The van der Waals surface area contributed by atoms with Crippen molar-refractivity contribution in [3.05, 3.63) is 75.9 Å². The molecule has 0 atom stereocenters. The minimum Gasteiger partial charge on any atom is -0.496 e. The van der Waals surface area contributed by atoms with Gasteiger partial charge in [0.25, 0.3) is 0 Å². The highest BCUT2D eigenvalue weighted by Gasteiger charge is 2.22. The highest BCUT2D eigenvalue weighted by Crippen LogP contribution is 2.38. The maximum atomic E-state index is 13.8. The molecular weight excluding hydrogens is 500 g/mol. The molecule has 3 aromatic carbocycles. The third kappa shape index (κ3) is 6.00. The van der Waals surface area contributed by atoms with Crippen molar-refractivity contribution in [2.75, 3.05) is 34.5 Å². The van der Waals surface area contributed by atoms with E-state index in [1.54, 1.807) is 56.7 Å². The van der Waals surface area contributed by atoms with Gasteiger partial charge in [0.05, 0.1) is 34.5 Å². The average molecular weight is 533 g/mol. The van der Waals surface area contributed by atoms with Gasteiger partial charge in [-0.25, -0.2) is 0 Å². The molecular formula is C31H32O8. The average Bonchev–Trinajstić information content (AvgIpc) is 2.96. The molecule has 8 heteroatoms. The van der Waals surface area contributed by atoms with E-state index in [9.17, 15) is 9.59 Å². The van der Waals surface area contributed by atoms with Gasteiger partial charge in [0.15, 0.2) is 23.0 Å². The smallest absolute Gasteiger partial charge is 0.239 e. The number of carbonyl (C=O) groups is 1. The van der Waals surface area contributed by atoms with Gasteiger partial charge in [0, 0.05) is 17.5 Å². The molecule has 0 aliphatic rings. The predicted molar refractivity (Wildman–Crippen MR) is 149 cm³/mol. The molecule has 0 amide bonds. The third-order valence-electron chi connectivity index (χ3n) is 6.32. The zero-order valence-electron chi connectivity index (χ0n) is 22.8. The van der Waals surface area contributed by atoms with Gasteiger partial charge < -0.3 is 28.1 Å². The molecule has 0 unspecified atom stereocenters. The first kappa shape index (κ1) is 27.6. The molecule has 0 bridgehead atoms. The first-order valence-electron chi connectivity index (χ1n) is 12.7. The summed E-state index contributed by atoms with van der Waals surface area (Å²) >= 11 is 0. The Morgan fingerprint density at radius 2 is 1.51 bits per heavy atom. The van der Waals surface area contributed by atoms with Gasteiger partial charge in [-0.2, -0.15) is 0 Å². The minimum atomic E-state index is -0.332. The van der Waals surface area contributed by atoms with E-state index in [2.05, 4.69) is 0 Å². The third-order valence-corrected chi connectivity index (χ3v) is 6.32. The lowest BCUT2D eigenvalue weighted by Crippen LogP contribution is -2.14. The van der Waals surface area contributed by atoms with Crippen molar-refractivity contribution in [2.45, 2.75) is 26.7 Å². The zero-order valence-corrected chi connectivity index (χ0v) is 22.8. The van der Waals surface area contributed by atoms with Crippen molar-refractivity contribution < 1.29 is 32.9 Å². The molecule has 1 aromatic heterocycles. The van der Waals surface area contributed by atoms with Crippen LogP contribution in [-0.2, 0) is 6.42 Å². The van der Waals surface area contributed by atoms with E-state index in [0.717, 1.165) is 12.0 Å². The Bertz CT molecular complexity index is 1520. The Morgan fingerprint density at radius 1 is 0.821 bits per heavy atom. The summed E-state index contributed by atoms with van der Waals surface area (Å²) in [4.78, 5) is 25.2. The molecule has 0 radical (unpaired) electrons. The molecule has 204 valence electrons. The van der Waals surface area contributed by atoms with E-state index in [4.69, 9.17) is 28.1 Å². The molecule has 0 saturated heterocycles. The van der Waals surface area contributed by atoms with Crippen molar-refractivity contribution >= 4 is 16.8 Å². The largest absolute Gasteiger partial charge is 0.496 e. The zero-order chi connectivity index (χ0) is 27.9. The van der Waals surface area contributed by atoms with Crippen LogP contribution in [0, 0.1) is 0 Å². The lowest BCUT2D eigenvalue weighted by molar-refractivity contribution is 0.101.